The van der Waals surface area contributed by atoms with Crippen molar-refractivity contribution in [2.75, 3.05) is 20.3 Å². The van der Waals surface area contributed by atoms with Crippen LogP contribution in [0.3, 0.4) is 0 Å². The van der Waals surface area contributed by atoms with Crippen LogP contribution in [0.4, 0.5) is 4.79 Å². The molecule has 0 aliphatic carbocycles. The molecule has 2 rings (SSSR count). The molecule has 5 nitrogen and oxygen atoms in total. The first-order valence-corrected chi connectivity index (χ1v) is 8.46. The summed E-state index contributed by atoms with van der Waals surface area (Å²) < 4.78 is 10.9. The van der Waals surface area contributed by atoms with Gasteiger partial charge in [0.1, 0.15) is 18.1 Å². The van der Waals surface area contributed by atoms with Gasteiger partial charge in [0.05, 0.1) is 13.7 Å². The smallest absolute Gasteiger partial charge is 0.315 e. The summed E-state index contributed by atoms with van der Waals surface area (Å²) >= 11 is 0. The number of para-hydroxylation sites is 1. The number of carbonyl (C=O) groups is 1. The lowest BCUT2D eigenvalue weighted by Gasteiger charge is -2.11. The fourth-order valence-electron chi connectivity index (χ4n) is 2.37. The molecule has 0 heterocycles. The first-order chi connectivity index (χ1) is 12.1. The number of benzene rings is 2. The molecule has 0 saturated heterocycles. The Balaban J connectivity index is 1.67. The van der Waals surface area contributed by atoms with Crippen LogP contribution in [-0.2, 0) is 6.54 Å². The van der Waals surface area contributed by atoms with Crippen LogP contribution in [0.25, 0.3) is 0 Å². The Labute approximate surface area is 149 Å². The molecule has 5 heteroatoms. The monoisotopic (exact) mass is 342 g/mol. The fraction of sp³-hybridized carbons (Fsp3) is 0.350. The van der Waals surface area contributed by atoms with Gasteiger partial charge in [0, 0.05) is 12.1 Å². The summed E-state index contributed by atoms with van der Waals surface area (Å²) in [7, 11) is 1.62. The fourth-order valence-corrected chi connectivity index (χ4v) is 2.37. The molecular weight excluding hydrogens is 316 g/mol. The van der Waals surface area contributed by atoms with E-state index in [1.807, 2.05) is 36.4 Å². The van der Waals surface area contributed by atoms with Gasteiger partial charge in [0.25, 0.3) is 0 Å². The number of rotatable bonds is 8. The minimum Gasteiger partial charge on any atom is -0.496 e. The largest absolute Gasteiger partial charge is 0.496 e. The SMILES string of the molecule is COc1ccccc1CNC(=O)NCCOc1ccc(C(C)C)cc1. The zero-order chi connectivity index (χ0) is 18.1. The first kappa shape index (κ1) is 18.6. The lowest BCUT2D eigenvalue weighted by Crippen LogP contribution is -2.37. The van der Waals surface area contributed by atoms with Crippen LogP contribution in [0.15, 0.2) is 48.5 Å². The highest BCUT2D eigenvalue weighted by molar-refractivity contribution is 5.73. The highest BCUT2D eigenvalue weighted by Gasteiger charge is 2.04. The Kier molecular flexibility index (Phi) is 7.14. The predicted octanol–water partition coefficient (Wildman–Crippen LogP) is 3.70. The Morgan fingerprint density at radius 1 is 1.04 bits per heavy atom. The maximum absolute atomic E-state index is 11.8. The van der Waals surface area contributed by atoms with E-state index in [1.54, 1.807) is 7.11 Å². The number of hydrogen-bond acceptors (Lipinski definition) is 3. The molecule has 0 aliphatic heterocycles. The highest BCUT2D eigenvalue weighted by atomic mass is 16.5. The van der Waals surface area contributed by atoms with Crippen molar-refractivity contribution in [1.82, 2.24) is 10.6 Å². The summed E-state index contributed by atoms with van der Waals surface area (Å²) in [5, 5.41) is 5.58. The lowest BCUT2D eigenvalue weighted by atomic mass is 10.0. The van der Waals surface area contributed by atoms with Crippen LogP contribution in [-0.4, -0.2) is 26.3 Å². The average Bonchev–Trinajstić information content (AvgIpc) is 2.64. The van der Waals surface area contributed by atoms with Gasteiger partial charge in [0.15, 0.2) is 0 Å². The van der Waals surface area contributed by atoms with E-state index in [9.17, 15) is 4.79 Å². The van der Waals surface area contributed by atoms with Crippen molar-refractivity contribution in [2.45, 2.75) is 26.3 Å². The lowest BCUT2D eigenvalue weighted by molar-refractivity contribution is 0.236. The van der Waals surface area contributed by atoms with Crippen molar-refractivity contribution in [3.8, 4) is 11.5 Å². The van der Waals surface area contributed by atoms with E-state index >= 15 is 0 Å². The number of nitrogens with one attached hydrogen (secondary N) is 2. The van der Waals surface area contributed by atoms with Crippen molar-refractivity contribution in [3.63, 3.8) is 0 Å². The first-order valence-electron chi connectivity index (χ1n) is 8.46. The number of urea groups is 1. The van der Waals surface area contributed by atoms with Crippen molar-refractivity contribution >= 4 is 6.03 Å². The van der Waals surface area contributed by atoms with Crippen molar-refractivity contribution in [2.24, 2.45) is 0 Å². The van der Waals surface area contributed by atoms with Gasteiger partial charge >= 0.3 is 6.03 Å². The number of carbonyl (C=O) groups excluding carboxylic acids is 1. The van der Waals surface area contributed by atoms with E-state index < -0.39 is 0 Å². The van der Waals surface area contributed by atoms with E-state index in [4.69, 9.17) is 9.47 Å². The third kappa shape index (κ3) is 6.03. The third-order valence-corrected chi connectivity index (χ3v) is 3.84. The molecule has 2 amide bonds. The molecule has 2 N–H and O–H groups in total. The average molecular weight is 342 g/mol. The van der Waals surface area contributed by atoms with E-state index in [0.29, 0.717) is 25.6 Å². The molecule has 25 heavy (non-hydrogen) atoms. The Morgan fingerprint density at radius 2 is 1.76 bits per heavy atom. The quantitative estimate of drug-likeness (QED) is 0.719. The molecule has 0 aliphatic rings. The zero-order valence-electron chi connectivity index (χ0n) is 15.0. The molecule has 0 bridgehead atoms. The van der Waals surface area contributed by atoms with Crippen molar-refractivity contribution < 1.29 is 14.3 Å². The van der Waals surface area contributed by atoms with Crippen molar-refractivity contribution in [1.29, 1.82) is 0 Å². The Morgan fingerprint density at radius 3 is 2.44 bits per heavy atom. The molecular formula is C20H26N2O3. The van der Waals surface area contributed by atoms with E-state index in [1.165, 1.54) is 5.56 Å². The summed E-state index contributed by atoms with van der Waals surface area (Å²) in [6.45, 7) is 5.58. The van der Waals surface area contributed by atoms with Crippen LogP contribution < -0.4 is 20.1 Å². The van der Waals surface area contributed by atoms with Crippen LogP contribution in [0.5, 0.6) is 11.5 Å². The maximum Gasteiger partial charge on any atom is 0.315 e. The van der Waals surface area contributed by atoms with Crippen molar-refractivity contribution in [3.05, 3.63) is 59.7 Å². The molecule has 0 saturated carbocycles. The third-order valence-electron chi connectivity index (χ3n) is 3.84. The number of hydrogen-bond donors (Lipinski definition) is 2. The van der Waals surface area contributed by atoms with Gasteiger partial charge < -0.3 is 20.1 Å². The molecule has 2 aromatic rings. The molecule has 0 radical (unpaired) electrons. The number of ether oxygens (including phenoxy) is 2. The second-order valence-electron chi connectivity index (χ2n) is 5.99. The van der Waals surface area contributed by atoms with Crippen LogP contribution in [0, 0.1) is 0 Å². The van der Waals surface area contributed by atoms with Gasteiger partial charge in [-0.1, -0.05) is 44.2 Å². The van der Waals surface area contributed by atoms with Gasteiger partial charge in [-0.2, -0.15) is 0 Å². The number of amides is 2. The normalized spacial score (nSPS) is 10.4. The maximum atomic E-state index is 11.8. The predicted molar refractivity (Wildman–Crippen MR) is 99.3 cm³/mol. The summed E-state index contributed by atoms with van der Waals surface area (Å²) in [6, 6.07) is 15.4. The minimum atomic E-state index is -0.232. The van der Waals surface area contributed by atoms with E-state index in [2.05, 4.69) is 36.6 Å². The molecule has 0 atom stereocenters. The Bertz CT molecular complexity index is 669. The minimum absolute atomic E-state index is 0.232. The molecule has 0 fully saturated rings. The standard InChI is InChI=1S/C20H26N2O3/c1-15(2)16-8-10-18(11-9-16)25-13-12-21-20(23)22-14-17-6-4-5-7-19(17)24-3/h4-11,15H,12-14H2,1-3H3,(H2,21,22,23). The van der Waals surface area contributed by atoms with E-state index in [-0.39, 0.29) is 6.03 Å². The molecule has 134 valence electrons. The van der Waals surface area contributed by atoms with Crippen LogP contribution in [0.1, 0.15) is 30.9 Å². The van der Waals surface area contributed by atoms with Gasteiger partial charge in [-0.15, -0.1) is 0 Å². The summed E-state index contributed by atoms with van der Waals surface area (Å²) in [4.78, 5) is 11.8. The van der Waals surface area contributed by atoms with Crippen LogP contribution >= 0.6 is 0 Å². The summed E-state index contributed by atoms with van der Waals surface area (Å²) in [5.74, 6) is 2.07. The van der Waals surface area contributed by atoms with Crippen LogP contribution in [0.2, 0.25) is 0 Å². The second kappa shape index (κ2) is 9.57. The summed E-state index contributed by atoms with van der Waals surface area (Å²) in [5.41, 5.74) is 2.21. The van der Waals surface area contributed by atoms with Gasteiger partial charge in [-0.3, -0.25) is 0 Å². The zero-order valence-corrected chi connectivity index (χ0v) is 15.0. The molecule has 0 aromatic heterocycles. The molecule has 0 spiro atoms. The molecule has 2 aromatic carbocycles. The number of methoxy groups -OCH3 is 1. The molecule has 0 unspecified atom stereocenters. The second-order valence-corrected chi connectivity index (χ2v) is 5.99. The van der Waals surface area contributed by atoms with Gasteiger partial charge in [-0.05, 0) is 29.7 Å². The van der Waals surface area contributed by atoms with Gasteiger partial charge in [0.2, 0.25) is 0 Å². The highest BCUT2D eigenvalue weighted by Crippen LogP contribution is 2.18. The Hall–Kier alpha value is -2.69. The summed E-state index contributed by atoms with van der Waals surface area (Å²) in [6.07, 6.45) is 0. The van der Waals surface area contributed by atoms with Gasteiger partial charge in [-0.25, -0.2) is 4.79 Å². The van der Waals surface area contributed by atoms with E-state index in [0.717, 1.165) is 17.1 Å². The topological polar surface area (TPSA) is 59.6 Å².